The molecule has 0 unspecified atom stereocenters. The number of thiophene rings is 1. The lowest BCUT2D eigenvalue weighted by Crippen LogP contribution is -2.40. The van der Waals surface area contributed by atoms with Gasteiger partial charge >= 0.3 is 0 Å². The molecule has 2 rings (SSSR count). The molecular formula is C18H25N3OS. The maximum Gasteiger partial charge on any atom is 0.237 e. The summed E-state index contributed by atoms with van der Waals surface area (Å²) in [6, 6.07) is 6.04. The van der Waals surface area contributed by atoms with Gasteiger partial charge in [0.05, 0.1) is 6.54 Å². The van der Waals surface area contributed by atoms with Crippen molar-refractivity contribution in [1.82, 2.24) is 14.8 Å². The Hall–Kier alpha value is -1.72. The molecule has 0 spiro atoms. The monoisotopic (exact) mass is 331 g/mol. The normalized spacial score (nSPS) is 11.2. The zero-order valence-corrected chi connectivity index (χ0v) is 14.9. The number of hydrogen-bond acceptors (Lipinski definition) is 4. The van der Waals surface area contributed by atoms with E-state index in [2.05, 4.69) is 35.7 Å². The fraction of sp³-hybridized carbons (Fsp3) is 0.444. The number of carbonyl (C=O) groups is 1. The summed E-state index contributed by atoms with van der Waals surface area (Å²) in [4.78, 5) is 20.8. The third-order valence-electron chi connectivity index (χ3n) is 3.47. The van der Waals surface area contributed by atoms with E-state index in [1.807, 2.05) is 35.2 Å². The molecule has 2 aromatic heterocycles. The maximum atomic E-state index is 12.7. The van der Waals surface area contributed by atoms with E-state index in [0.29, 0.717) is 19.0 Å². The second-order valence-electron chi connectivity index (χ2n) is 6.33. The summed E-state index contributed by atoms with van der Waals surface area (Å²) in [5.41, 5.74) is 2.33. The molecule has 0 atom stereocenters. The minimum absolute atomic E-state index is 0.177. The summed E-state index contributed by atoms with van der Waals surface area (Å²) in [7, 11) is 1.98. The van der Waals surface area contributed by atoms with Crippen molar-refractivity contribution in [2.75, 3.05) is 20.1 Å². The van der Waals surface area contributed by atoms with Crippen LogP contribution in [0.4, 0.5) is 0 Å². The van der Waals surface area contributed by atoms with Crippen LogP contribution in [0.3, 0.4) is 0 Å². The average molecular weight is 331 g/mol. The number of likely N-dealkylation sites (N-methyl/N-ethyl adjacent to an activating group) is 1. The van der Waals surface area contributed by atoms with Crippen LogP contribution in [-0.4, -0.2) is 40.8 Å². The highest BCUT2D eigenvalue weighted by Gasteiger charge is 2.17. The van der Waals surface area contributed by atoms with Crippen LogP contribution in [-0.2, 0) is 17.9 Å². The van der Waals surface area contributed by atoms with Gasteiger partial charge in [0.2, 0.25) is 5.91 Å². The molecule has 0 fully saturated rings. The molecule has 0 N–H and O–H groups in total. The molecule has 5 heteroatoms. The van der Waals surface area contributed by atoms with Crippen molar-refractivity contribution in [3.63, 3.8) is 0 Å². The fourth-order valence-corrected chi connectivity index (χ4v) is 3.15. The standard InChI is InChI=1S/C18H25N3OS/c1-15(2)10-21(12-17-6-8-23-14-17)18(22)13-20(3)11-16-5-4-7-19-9-16/h4-9,14-15H,10-13H2,1-3H3. The summed E-state index contributed by atoms with van der Waals surface area (Å²) in [6.07, 6.45) is 3.61. The smallest absolute Gasteiger partial charge is 0.237 e. The first-order chi connectivity index (χ1) is 11.0. The number of hydrogen-bond donors (Lipinski definition) is 0. The van der Waals surface area contributed by atoms with Gasteiger partial charge in [-0.3, -0.25) is 14.7 Å². The molecule has 0 radical (unpaired) electrons. The van der Waals surface area contributed by atoms with Crippen molar-refractivity contribution >= 4 is 17.2 Å². The van der Waals surface area contributed by atoms with Crippen molar-refractivity contribution in [2.24, 2.45) is 5.92 Å². The zero-order chi connectivity index (χ0) is 16.7. The lowest BCUT2D eigenvalue weighted by atomic mass is 10.2. The lowest BCUT2D eigenvalue weighted by Gasteiger charge is -2.27. The van der Waals surface area contributed by atoms with E-state index in [9.17, 15) is 4.79 Å². The number of amides is 1. The molecule has 2 aromatic rings. The minimum Gasteiger partial charge on any atom is -0.337 e. The Bertz CT molecular complexity index is 584. The first-order valence-corrected chi connectivity index (χ1v) is 8.85. The van der Waals surface area contributed by atoms with E-state index in [-0.39, 0.29) is 5.91 Å². The Morgan fingerprint density at radius 2 is 2.09 bits per heavy atom. The molecule has 0 saturated heterocycles. The molecule has 0 aromatic carbocycles. The molecule has 2 heterocycles. The van der Waals surface area contributed by atoms with Crippen LogP contribution in [0.25, 0.3) is 0 Å². The first kappa shape index (κ1) is 17.6. The van der Waals surface area contributed by atoms with Gasteiger partial charge in [-0.05, 0) is 47.0 Å². The molecule has 0 aliphatic rings. The van der Waals surface area contributed by atoms with E-state index in [0.717, 1.165) is 18.7 Å². The van der Waals surface area contributed by atoms with Gasteiger partial charge in [-0.15, -0.1) is 0 Å². The highest BCUT2D eigenvalue weighted by atomic mass is 32.1. The number of pyridine rings is 1. The second-order valence-corrected chi connectivity index (χ2v) is 7.11. The third-order valence-corrected chi connectivity index (χ3v) is 4.20. The fourth-order valence-electron chi connectivity index (χ4n) is 2.49. The van der Waals surface area contributed by atoms with Gasteiger partial charge in [-0.25, -0.2) is 0 Å². The van der Waals surface area contributed by atoms with E-state index >= 15 is 0 Å². The number of rotatable bonds is 8. The maximum absolute atomic E-state index is 12.7. The van der Waals surface area contributed by atoms with Gasteiger partial charge < -0.3 is 4.90 Å². The summed E-state index contributed by atoms with van der Waals surface area (Å²) in [6.45, 7) is 6.93. The van der Waals surface area contributed by atoms with Crippen LogP contribution in [0.2, 0.25) is 0 Å². The molecule has 1 amide bonds. The zero-order valence-electron chi connectivity index (χ0n) is 14.1. The number of nitrogens with zero attached hydrogens (tertiary/aromatic N) is 3. The first-order valence-electron chi connectivity index (χ1n) is 7.91. The number of aromatic nitrogens is 1. The molecular weight excluding hydrogens is 306 g/mol. The minimum atomic E-state index is 0.177. The summed E-state index contributed by atoms with van der Waals surface area (Å²) >= 11 is 1.67. The number of carbonyl (C=O) groups excluding carboxylic acids is 1. The van der Waals surface area contributed by atoms with Gasteiger partial charge in [0.1, 0.15) is 0 Å². The summed E-state index contributed by atoms with van der Waals surface area (Å²) < 4.78 is 0. The quantitative estimate of drug-likeness (QED) is 0.745. The predicted molar refractivity (Wildman–Crippen MR) is 95.1 cm³/mol. The molecule has 0 aliphatic carbocycles. The highest BCUT2D eigenvalue weighted by molar-refractivity contribution is 7.07. The molecule has 0 bridgehead atoms. The van der Waals surface area contributed by atoms with Crippen LogP contribution in [0, 0.1) is 5.92 Å². The van der Waals surface area contributed by atoms with Crippen molar-refractivity contribution in [2.45, 2.75) is 26.9 Å². The van der Waals surface area contributed by atoms with Gasteiger partial charge in [0, 0.05) is 32.0 Å². The molecule has 23 heavy (non-hydrogen) atoms. The Balaban J connectivity index is 1.93. The van der Waals surface area contributed by atoms with Gasteiger partial charge in [-0.1, -0.05) is 19.9 Å². The summed E-state index contributed by atoms with van der Waals surface area (Å²) in [5, 5.41) is 4.17. The SMILES string of the molecule is CC(C)CN(Cc1ccsc1)C(=O)CN(C)Cc1cccnc1. The van der Waals surface area contributed by atoms with Gasteiger partial charge in [0.25, 0.3) is 0 Å². The van der Waals surface area contributed by atoms with Crippen LogP contribution in [0.5, 0.6) is 0 Å². The van der Waals surface area contributed by atoms with Crippen molar-refractivity contribution < 1.29 is 4.79 Å². The van der Waals surface area contributed by atoms with E-state index in [1.54, 1.807) is 17.5 Å². The van der Waals surface area contributed by atoms with E-state index in [4.69, 9.17) is 0 Å². The Morgan fingerprint density at radius 3 is 2.70 bits per heavy atom. The Morgan fingerprint density at radius 1 is 1.26 bits per heavy atom. The average Bonchev–Trinajstić information content (AvgIpc) is 3.00. The largest absolute Gasteiger partial charge is 0.337 e. The predicted octanol–water partition coefficient (Wildman–Crippen LogP) is 3.26. The second kappa shape index (κ2) is 8.79. The third kappa shape index (κ3) is 6.12. The lowest BCUT2D eigenvalue weighted by molar-refractivity contribution is -0.133. The van der Waals surface area contributed by atoms with Gasteiger partial charge in [0.15, 0.2) is 0 Å². The van der Waals surface area contributed by atoms with Crippen LogP contribution >= 0.6 is 11.3 Å². The van der Waals surface area contributed by atoms with Crippen LogP contribution in [0.15, 0.2) is 41.4 Å². The summed E-state index contributed by atoms with van der Waals surface area (Å²) in [5.74, 6) is 0.637. The molecule has 124 valence electrons. The van der Waals surface area contributed by atoms with Crippen molar-refractivity contribution in [3.05, 3.63) is 52.5 Å². The highest BCUT2D eigenvalue weighted by Crippen LogP contribution is 2.12. The van der Waals surface area contributed by atoms with Crippen LogP contribution < -0.4 is 0 Å². The van der Waals surface area contributed by atoms with Crippen LogP contribution in [0.1, 0.15) is 25.0 Å². The Labute approximate surface area is 142 Å². The van der Waals surface area contributed by atoms with E-state index < -0.39 is 0 Å². The van der Waals surface area contributed by atoms with Crippen molar-refractivity contribution in [3.8, 4) is 0 Å². The Kier molecular flexibility index (Phi) is 6.74. The topological polar surface area (TPSA) is 36.4 Å². The molecule has 0 saturated carbocycles. The van der Waals surface area contributed by atoms with Crippen molar-refractivity contribution in [1.29, 1.82) is 0 Å². The molecule has 4 nitrogen and oxygen atoms in total. The molecule has 0 aliphatic heterocycles. The van der Waals surface area contributed by atoms with Gasteiger partial charge in [-0.2, -0.15) is 11.3 Å². The van der Waals surface area contributed by atoms with E-state index in [1.165, 1.54) is 5.56 Å².